The van der Waals surface area contributed by atoms with Gasteiger partial charge >= 0.3 is 0 Å². The Morgan fingerprint density at radius 1 is 0.939 bits per heavy atom. The predicted octanol–water partition coefficient (Wildman–Crippen LogP) is 0.948. The van der Waals surface area contributed by atoms with Gasteiger partial charge < -0.3 is 17.3 Å². The van der Waals surface area contributed by atoms with Gasteiger partial charge in [-0.15, -0.1) is 0 Å². The van der Waals surface area contributed by atoms with Crippen LogP contribution in [0, 0.1) is 0 Å². The minimum Gasteiger partial charge on any atom is -1.00 e. The van der Waals surface area contributed by atoms with Crippen LogP contribution in [-0.4, -0.2) is 38.6 Å². The summed E-state index contributed by atoms with van der Waals surface area (Å²) in [6.07, 6.45) is 1.73. The highest BCUT2D eigenvalue weighted by molar-refractivity contribution is 6.31. The molecule has 0 radical (unpaired) electrons. The molecule has 1 aliphatic heterocycles. The molecule has 0 saturated carbocycles. The van der Waals surface area contributed by atoms with Gasteiger partial charge in [-0.3, -0.25) is 4.79 Å². The molecule has 174 valence electrons. The number of anilines is 1. The number of rotatable bonds is 8. The average Bonchev–Trinajstić information content (AvgIpc) is 3.04. The van der Waals surface area contributed by atoms with Crippen molar-refractivity contribution >= 4 is 23.2 Å². The first-order valence-corrected chi connectivity index (χ1v) is 11.6. The molecule has 4 rings (SSSR count). The lowest BCUT2D eigenvalue weighted by Gasteiger charge is -2.33. The molecular formula is C27H31Cl2N3O. The monoisotopic (exact) mass is 483 g/mol. The Labute approximate surface area is 208 Å². The number of fused-ring (bicyclic) bond motifs is 1. The summed E-state index contributed by atoms with van der Waals surface area (Å²) >= 11 is 6.43. The van der Waals surface area contributed by atoms with E-state index in [1.807, 2.05) is 71.7 Å². The number of hydrogen-bond donors (Lipinski definition) is 1. The molecule has 0 aliphatic carbocycles. The highest BCUT2D eigenvalue weighted by atomic mass is 35.5. The third-order valence-electron chi connectivity index (χ3n) is 6.34. The van der Waals surface area contributed by atoms with Crippen molar-refractivity contribution in [1.29, 1.82) is 0 Å². The number of hydrazine groups is 1. The van der Waals surface area contributed by atoms with E-state index in [9.17, 15) is 4.79 Å². The number of nitrogens with zero attached hydrogens (tertiary/aromatic N) is 2. The van der Waals surface area contributed by atoms with E-state index in [2.05, 4.69) is 38.4 Å². The number of benzene rings is 3. The van der Waals surface area contributed by atoms with Crippen LogP contribution in [0.5, 0.6) is 0 Å². The fourth-order valence-electron chi connectivity index (χ4n) is 4.80. The van der Waals surface area contributed by atoms with Gasteiger partial charge in [-0.05, 0) is 41.7 Å². The summed E-state index contributed by atoms with van der Waals surface area (Å²) in [5.74, 6) is 0.105. The molecule has 1 aliphatic rings. The Balaban J connectivity index is 0.00000306. The minimum atomic E-state index is -0.692. The van der Waals surface area contributed by atoms with Crippen LogP contribution in [0.4, 0.5) is 5.69 Å². The molecule has 0 saturated heterocycles. The molecule has 0 fully saturated rings. The van der Waals surface area contributed by atoms with E-state index in [1.165, 1.54) is 4.90 Å². The first kappa shape index (κ1) is 25.3. The van der Waals surface area contributed by atoms with Crippen LogP contribution < -0.4 is 22.3 Å². The molecule has 6 heteroatoms. The van der Waals surface area contributed by atoms with Crippen molar-refractivity contribution in [3.63, 3.8) is 0 Å². The summed E-state index contributed by atoms with van der Waals surface area (Å²) in [6.45, 7) is 1.56. The van der Waals surface area contributed by atoms with Crippen LogP contribution in [0.1, 0.15) is 29.5 Å². The number of nitrogens with one attached hydrogen (secondary N) is 1. The van der Waals surface area contributed by atoms with Crippen LogP contribution in [0.15, 0.2) is 78.9 Å². The molecule has 1 amide bonds. The van der Waals surface area contributed by atoms with E-state index < -0.39 is 5.41 Å². The second kappa shape index (κ2) is 10.7. The molecule has 4 nitrogen and oxygen atoms in total. The Morgan fingerprint density at radius 2 is 1.58 bits per heavy atom. The van der Waals surface area contributed by atoms with E-state index in [0.717, 1.165) is 41.8 Å². The summed E-state index contributed by atoms with van der Waals surface area (Å²) in [4.78, 5) is 15.7. The van der Waals surface area contributed by atoms with Crippen LogP contribution in [-0.2, 0) is 16.8 Å². The average molecular weight is 484 g/mol. The van der Waals surface area contributed by atoms with Crippen molar-refractivity contribution in [2.45, 2.75) is 24.8 Å². The van der Waals surface area contributed by atoms with E-state index in [4.69, 9.17) is 11.6 Å². The fraction of sp³-hybridized carbons (Fsp3) is 0.296. The van der Waals surface area contributed by atoms with Gasteiger partial charge in [-0.2, -0.15) is 0 Å². The number of halogens is 2. The van der Waals surface area contributed by atoms with Crippen LogP contribution in [0.2, 0.25) is 5.02 Å². The zero-order valence-corrected chi connectivity index (χ0v) is 20.9. The lowest BCUT2D eigenvalue weighted by atomic mass is 9.72. The van der Waals surface area contributed by atoms with E-state index >= 15 is 0 Å². The molecule has 1 N–H and O–H groups in total. The molecule has 1 atom stereocenters. The Morgan fingerprint density at radius 3 is 2.27 bits per heavy atom. The van der Waals surface area contributed by atoms with Gasteiger partial charge in [-0.1, -0.05) is 78.3 Å². The molecular weight excluding hydrogens is 453 g/mol. The van der Waals surface area contributed by atoms with Crippen LogP contribution in [0.3, 0.4) is 0 Å². The van der Waals surface area contributed by atoms with Crippen molar-refractivity contribution in [2.75, 3.05) is 32.7 Å². The maximum atomic E-state index is 14.3. The van der Waals surface area contributed by atoms with Gasteiger partial charge in [0.05, 0.1) is 26.3 Å². The zero-order valence-electron chi connectivity index (χ0n) is 19.4. The van der Waals surface area contributed by atoms with Crippen molar-refractivity contribution < 1.29 is 22.1 Å². The molecule has 0 spiro atoms. The smallest absolute Gasteiger partial charge is 0.256 e. The number of carbonyl (C=O) groups is 1. The van der Waals surface area contributed by atoms with Gasteiger partial charge in [0.25, 0.3) is 5.91 Å². The lowest BCUT2D eigenvalue weighted by Crippen LogP contribution is -3.05. The SMILES string of the molecule is CN(Cc1ccccc1Cl)N1C(=O)C(CCC[NH+](C)C)(c2ccccc2)c2ccccc21.[Cl-]. The first-order chi connectivity index (χ1) is 15.4. The number of amides is 1. The number of quaternary nitrogens is 1. The second-order valence-corrected chi connectivity index (χ2v) is 9.28. The second-order valence-electron chi connectivity index (χ2n) is 8.87. The lowest BCUT2D eigenvalue weighted by molar-refractivity contribution is -0.858. The Bertz CT molecular complexity index is 1090. The molecule has 1 unspecified atom stereocenters. The van der Waals surface area contributed by atoms with E-state index in [-0.39, 0.29) is 18.3 Å². The van der Waals surface area contributed by atoms with E-state index in [1.54, 1.807) is 0 Å². The van der Waals surface area contributed by atoms with Gasteiger partial charge in [0.2, 0.25) is 0 Å². The third kappa shape index (κ3) is 4.80. The number of carbonyl (C=O) groups excluding carboxylic acids is 1. The summed E-state index contributed by atoms with van der Waals surface area (Å²) in [7, 11) is 6.27. The maximum Gasteiger partial charge on any atom is 0.256 e. The standard InChI is InChI=1S/C27H30ClN3O.ClH/c1-29(2)19-11-18-27(22-13-5-4-6-14-22)23-15-8-10-17-25(23)31(26(27)32)30(3)20-21-12-7-9-16-24(21)28;/h4-10,12-17H,11,18-20H2,1-3H3;1H. The first-order valence-electron chi connectivity index (χ1n) is 11.2. The van der Waals surface area contributed by atoms with E-state index in [0.29, 0.717) is 11.6 Å². The van der Waals surface area contributed by atoms with Crippen molar-refractivity contribution in [3.05, 3.63) is 101 Å². The zero-order chi connectivity index (χ0) is 22.7. The highest BCUT2D eigenvalue weighted by Gasteiger charge is 2.52. The van der Waals surface area contributed by atoms with Crippen LogP contribution in [0.25, 0.3) is 0 Å². The van der Waals surface area contributed by atoms with Crippen LogP contribution >= 0.6 is 11.6 Å². The fourth-order valence-corrected chi connectivity index (χ4v) is 5.00. The molecule has 1 heterocycles. The Kier molecular flexibility index (Phi) is 8.19. The maximum absolute atomic E-state index is 14.3. The Hall–Kier alpha value is -2.37. The summed E-state index contributed by atoms with van der Waals surface area (Å²) in [5.41, 5.74) is 3.39. The third-order valence-corrected chi connectivity index (χ3v) is 6.71. The molecule has 33 heavy (non-hydrogen) atoms. The molecule has 0 aromatic heterocycles. The number of hydrogen-bond acceptors (Lipinski definition) is 2. The molecule has 3 aromatic carbocycles. The molecule has 3 aromatic rings. The van der Waals surface area contributed by atoms with Crippen molar-refractivity contribution in [1.82, 2.24) is 5.01 Å². The normalized spacial score (nSPS) is 17.4. The van der Waals surface area contributed by atoms with Crippen molar-refractivity contribution in [2.24, 2.45) is 0 Å². The van der Waals surface area contributed by atoms with Gasteiger partial charge in [0.1, 0.15) is 5.41 Å². The summed E-state index contributed by atoms with van der Waals surface area (Å²) in [6, 6.07) is 26.3. The summed E-state index contributed by atoms with van der Waals surface area (Å²) in [5, 5.41) is 4.56. The largest absolute Gasteiger partial charge is 1.00 e. The predicted molar refractivity (Wildman–Crippen MR) is 131 cm³/mol. The van der Waals surface area contributed by atoms with Gasteiger partial charge in [0.15, 0.2) is 0 Å². The number of para-hydroxylation sites is 1. The minimum absolute atomic E-state index is 0. The highest BCUT2D eigenvalue weighted by Crippen LogP contribution is 2.49. The molecule has 0 bridgehead atoms. The van der Waals surface area contributed by atoms with Crippen molar-refractivity contribution in [3.8, 4) is 0 Å². The van der Waals surface area contributed by atoms with Gasteiger partial charge in [-0.25, -0.2) is 10.0 Å². The summed E-state index contributed by atoms with van der Waals surface area (Å²) < 4.78 is 0. The topological polar surface area (TPSA) is 28.0 Å². The quantitative estimate of drug-likeness (QED) is 0.516. The van der Waals surface area contributed by atoms with Gasteiger partial charge in [0, 0.05) is 18.6 Å².